The van der Waals surface area contributed by atoms with Crippen LogP contribution in [0.5, 0.6) is 0 Å². The molecule has 0 unspecified atom stereocenters. The van der Waals surface area contributed by atoms with E-state index in [1.165, 1.54) is 4.90 Å². The van der Waals surface area contributed by atoms with E-state index in [0.29, 0.717) is 19.6 Å². The number of nitrogens with zero attached hydrogens (tertiary/aromatic N) is 1. The molecule has 1 fully saturated rings. The molecule has 5 nitrogen and oxygen atoms in total. The smallest absolute Gasteiger partial charge is 0.239 e. The summed E-state index contributed by atoms with van der Waals surface area (Å²) in [7, 11) is -2.95. The lowest BCUT2D eigenvalue weighted by atomic mass is 10.2. The first-order valence-corrected chi connectivity index (χ1v) is 10.3. The molecule has 122 valence electrons. The van der Waals surface area contributed by atoms with Crippen molar-refractivity contribution in [3.05, 3.63) is 29.8 Å². The minimum Gasteiger partial charge on any atom is -0.339 e. The fraction of sp³-hybridized carbons (Fsp3) is 0.533. The van der Waals surface area contributed by atoms with E-state index < -0.39 is 9.84 Å². The molecule has 22 heavy (non-hydrogen) atoms. The number of thioether (sulfide) groups is 1. The predicted octanol–water partition coefficient (Wildman–Crippen LogP) is 1.14. The van der Waals surface area contributed by atoms with Crippen LogP contribution in [0.3, 0.4) is 0 Å². The third-order valence-electron chi connectivity index (χ3n) is 3.80. The zero-order valence-electron chi connectivity index (χ0n) is 12.9. The van der Waals surface area contributed by atoms with Crippen molar-refractivity contribution in [1.82, 2.24) is 10.2 Å². The Labute approximate surface area is 136 Å². The second kappa shape index (κ2) is 7.48. The molecule has 1 saturated heterocycles. The molecule has 1 aromatic rings. The normalized spacial score (nSPS) is 18.9. The van der Waals surface area contributed by atoms with Gasteiger partial charge in [-0.15, -0.1) is 11.8 Å². The van der Waals surface area contributed by atoms with Gasteiger partial charge in [-0.05, 0) is 30.9 Å². The quantitative estimate of drug-likeness (QED) is 0.813. The van der Waals surface area contributed by atoms with Crippen LogP contribution in [0.1, 0.15) is 12.5 Å². The summed E-state index contributed by atoms with van der Waals surface area (Å²) in [5.74, 6) is 0.110. The van der Waals surface area contributed by atoms with Gasteiger partial charge in [-0.3, -0.25) is 4.79 Å². The molecule has 0 spiro atoms. The number of hydrogen-bond acceptors (Lipinski definition) is 5. The van der Waals surface area contributed by atoms with Crippen molar-refractivity contribution in [3.63, 3.8) is 0 Å². The molecule has 0 radical (unpaired) electrons. The van der Waals surface area contributed by atoms with E-state index in [9.17, 15) is 13.2 Å². The molecule has 0 bridgehead atoms. The van der Waals surface area contributed by atoms with Gasteiger partial charge in [0.15, 0.2) is 9.84 Å². The topological polar surface area (TPSA) is 66.5 Å². The fourth-order valence-electron chi connectivity index (χ4n) is 2.31. The van der Waals surface area contributed by atoms with Crippen molar-refractivity contribution < 1.29 is 13.2 Å². The maximum absolute atomic E-state index is 12.3. The maximum atomic E-state index is 12.3. The molecule has 1 amide bonds. The van der Waals surface area contributed by atoms with Gasteiger partial charge >= 0.3 is 0 Å². The standard InChI is InChI=1S/C15H22N2O3S2/c1-12(15(18)17-7-9-22(19,20)10-8-17)16-11-13-3-5-14(21-2)6-4-13/h3-6,12,16H,7-11H2,1-2H3/t12-/m0/s1. The van der Waals surface area contributed by atoms with Gasteiger partial charge in [0.05, 0.1) is 17.5 Å². The molecule has 0 saturated carbocycles. The van der Waals surface area contributed by atoms with Crippen LogP contribution in [0.4, 0.5) is 0 Å². The zero-order chi connectivity index (χ0) is 16.2. The van der Waals surface area contributed by atoms with Gasteiger partial charge in [-0.2, -0.15) is 0 Å². The lowest BCUT2D eigenvalue weighted by Crippen LogP contribution is -2.50. The lowest BCUT2D eigenvalue weighted by Gasteiger charge is -2.29. The molecule has 1 N–H and O–H groups in total. The van der Waals surface area contributed by atoms with Crippen LogP contribution in [-0.4, -0.2) is 56.1 Å². The first-order chi connectivity index (χ1) is 10.4. The van der Waals surface area contributed by atoms with Gasteiger partial charge < -0.3 is 10.2 Å². The van der Waals surface area contributed by atoms with Crippen LogP contribution >= 0.6 is 11.8 Å². The van der Waals surface area contributed by atoms with Gasteiger partial charge in [0, 0.05) is 24.5 Å². The monoisotopic (exact) mass is 342 g/mol. The maximum Gasteiger partial charge on any atom is 0.239 e. The lowest BCUT2D eigenvalue weighted by molar-refractivity contribution is -0.132. The Kier molecular flexibility index (Phi) is 5.88. The molecule has 7 heteroatoms. The van der Waals surface area contributed by atoms with E-state index >= 15 is 0 Å². The highest BCUT2D eigenvalue weighted by atomic mass is 32.2. The average Bonchev–Trinajstić information content (AvgIpc) is 2.52. The molecular formula is C15H22N2O3S2. The van der Waals surface area contributed by atoms with E-state index in [1.807, 2.05) is 25.3 Å². The summed E-state index contributed by atoms with van der Waals surface area (Å²) >= 11 is 1.70. The molecule has 2 rings (SSSR count). The first kappa shape index (κ1) is 17.3. The highest BCUT2D eigenvalue weighted by molar-refractivity contribution is 7.98. The number of carbonyl (C=O) groups excluding carboxylic acids is 1. The van der Waals surface area contributed by atoms with Crippen LogP contribution in [0.15, 0.2) is 29.2 Å². The third-order valence-corrected chi connectivity index (χ3v) is 6.15. The molecule has 1 heterocycles. The average molecular weight is 342 g/mol. The largest absolute Gasteiger partial charge is 0.339 e. The second-order valence-corrected chi connectivity index (χ2v) is 8.61. The summed E-state index contributed by atoms with van der Waals surface area (Å²) in [6.07, 6.45) is 2.03. The second-order valence-electron chi connectivity index (χ2n) is 5.43. The zero-order valence-corrected chi connectivity index (χ0v) is 14.5. The summed E-state index contributed by atoms with van der Waals surface area (Å²) in [4.78, 5) is 15.1. The van der Waals surface area contributed by atoms with Crippen LogP contribution in [0, 0.1) is 0 Å². The highest BCUT2D eigenvalue weighted by Gasteiger charge is 2.27. The number of benzene rings is 1. The number of hydrogen-bond donors (Lipinski definition) is 1. The summed E-state index contributed by atoms with van der Waals surface area (Å²) < 4.78 is 22.8. The molecule has 0 aliphatic carbocycles. The summed E-state index contributed by atoms with van der Waals surface area (Å²) in [6, 6.07) is 7.89. The van der Waals surface area contributed by atoms with Gasteiger partial charge in [0.25, 0.3) is 0 Å². The van der Waals surface area contributed by atoms with Gasteiger partial charge in [0.2, 0.25) is 5.91 Å². The Morgan fingerprint density at radius 1 is 1.27 bits per heavy atom. The van der Waals surface area contributed by atoms with E-state index in [0.717, 1.165) is 5.56 Å². The first-order valence-electron chi connectivity index (χ1n) is 7.27. The Hall–Kier alpha value is -1.05. The molecule has 1 aromatic carbocycles. The Morgan fingerprint density at radius 2 is 1.86 bits per heavy atom. The highest BCUT2D eigenvalue weighted by Crippen LogP contribution is 2.15. The number of sulfone groups is 1. The molecule has 1 aliphatic rings. The van der Waals surface area contributed by atoms with E-state index in [-0.39, 0.29) is 23.5 Å². The number of carbonyl (C=O) groups is 1. The van der Waals surface area contributed by atoms with Crippen molar-refractivity contribution in [1.29, 1.82) is 0 Å². The van der Waals surface area contributed by atoms with Crippen LogP contribution in [0.25, 0.3) is 0 Å². The number of rotatable bonds is 5. The number of nitrogens with one attached hydrogen (secondary N) is 1. The molecule has 0 aromatic heterocycles. The van der Waals surface area contributed by atoms with Crippen LogP contribution in [-0.2, 0) is 21.2 Å². The molecular weight excluding hydrogens is 320 g/mol. The minimum absolute atomic E-state index is 0.0318. The van der Waals surface area contributed by atoms with E-state index in [1.54, 1.807) is 16.7 Å². The fourth-order valence-corrected chi connectivity index (χ4v) is 3.92. The van der Waals surface area contributed by atoms with Gasteiger partial charge in [-0.1, -0.05) is 12.1 Å². The molecule has 1 aliphatic heterocycles. The van der Waals surface area contributed by atoms with E-state index in [4.69, 9.17) is 0 Å². The van der Waals surface area contributed by atoms with Crippen molar-refractivity contribution in [2.24, 2.45) is 0 Å². The summed E-state index contributed by atoms with van der Waals surface area (Å²) in [6.45, 7) is 3.04. The number of amides is 1. The van der Waals surface area contributed by atoms with Crippen molar-refractivity contribution in [3.8, 4) is 0 Å². The Morgan fingerprint density at radius 3 is 2.41 bits per heavy atom. The third kappa shape index (κ3) is 4.72. The van der Waals surface area contributed by atoms with Crippen molar-refractivity contribution in [2.75, 3.05) is 30.9 Å². The van der Waals surface area contributed by atoms with Crippen molar-refractivity contribution in [2.45, 2.75) is 24.4 Å². The summed E-state index contributed by atoms with van der Waals surface area (Å²) in [5, 5.41) is 3.21. The summed E-state index contributed by atoms with van der Waals surface area (Å²) in [5.41, 5.74) is 1.12. The SMILES string of the molecule is CSc1ccc(CN[C@@H](C)C(=O)N2CCS(=O)(=O)CC2)cc1. The Balaban J connectivity index is 1.83. The molecule has 1 atom stereocenters. The Bertz CT molecular complexity index is 600. The van der Waals surface area contributed by atoms with Gasteiger partial charge in [0.1, 0.15) is 0 Å². The van der Waals surface area contributed by atoms with Gasteiger partial charge in [-0.25, -0.2) is 8.42 Å². The van der Waals surface area contributed by atoms with Crippen molar-refractivity contribution >= 4 is 27.5 Å². The minimum atomic E-state index is -2.95. The predicted molar refractivity (Wildman–Crippen MR) is 89.8 cm³/mol. The van der Waals surface area contributed by atoms with E-state index in [2.05, 4.69) is 17.4 Å². The van der Waals surface area contributed by atoms with Crippen LogP contribution in [0.2, 0.25) is 0 Å². The van der Waals surface area contributed by atoms with Crippen LogP contribution < -0.4 is 5.32 Å².